The first-order valence-corrected chi connectivity index (χ1v) is 8.82. The number of nitrogens with zero attached hydrogens (tertiary/aromatic N) is 3. The summed E-state index contributed by atoms with van der Waals surface area (Å²) < 4.78 is 0. The van der Waals surface area contributed by atoms with Crippen molar-refractivity contribution in [2.24, 2.45) is 4.99 Å². The first-order chi connectivity index (χ1) is 11.6. The van der Waals surface area contributed by atoms with Gasteiger partial charge in [-0.15, -0.1) is 0 Å². The molecule has 0 spiro atoms. The summed E-state index contributed by atoms with van der Waals surface area (Å²) in [6.45, 7) is 2.43. The molecule has 1 aromatic heterocycles. The Balaban J connectivity index is 1.96. The summed E-state index contributed by atoms with van der Waals surface area (Å²) in [5.74, 6) is -0.0822. The molecular weight excluding hydrogens is 365 g/mol. The average molecular weight is 378 g/mol. The number of hydrogen-bond donors (Lipinski definition) is 0. The van der Waals surface area contributed by atoms with Gasteiger partial charge >= 0.3 is 0 Å². The predicted octanol–water partition coefficient (Wildman–Crippen LogP) is 5.01. The van der Waals surface area contributed by atoms with Gasteiger partial charge in [0.15, 0.2) is 10.3 Å². The first-order valence-electron chi connectivity index (χ1n) is 7.24. The Kier molecular flexibility index (Phi) is 5.23. The molecule has 1 fully saturated rings. The standard InChI is InChI=1S/C17H13Cl2N3OS/c1-2-22-16(23)14(10-11-5-3-6-12(18)9-11)24-17(22)21-13-7-4-8-20-15(13)19/h3-10H,2H2,1H3/b14-10-,21-17?. The van der Waals surface area contributed by atoms with Gasteiger partial charge in [-0.1, -0.05) is 35.3 Å². The van der Waals surface area contributed by atoms with E-state index in [-0.39, 0.29) is 5.91 Å². The Hall–Kier alpha value is -1.82. The molecule has 1 amide bonds. The second kappa shape index (κ2) is 7.38. The largest absolute Gasteiger partial charge is 0.287 e. The van der Waals surface area contributed by atoms with Gasteiger partial charge in [-0.05, 0) is 54.6 Å². The third-order valence-electron chi connectivity index (χ3n) is 3.31. The lowest BCUT2D eigenvalue weighted by molar-refractivity contribution is -0.122. The fraction of sp³-hybridized carbons (Fsp3) is 0.118. The lowest BCUT2D eigenvalue weighted by atomic mass is 10.2. The van der Waals surface area contributed by atoms with Gasteiger partial charge in [0.05, 0.1) is 4.91 Å². The minimum atomic E-state index is -0.0822. The molecule has 1 aliphatic heterocycles. The molecule has 0 radical (unpaired) electrons. The molecule has 122 valence electrons. The van der Waals surface area contributed by atoms with Crippen LogP contribution in [0.3, 0.4) is 0 Å². The van der Waals surface area contributed by atoms with Gasteiger partial charge < -0.3 is 0 Å². The quantitative estimate of drug-likeness (QED) is 0.557. The molecule has 0 saturated carbocycles. The van der Waals surface area contributed by atoms with E-state index in [0.29, 0.717) is 32.5 Å². The van der Waals surface area contributed by atoms with Crippen LogP contribution in [-0.2, 0) is 4.79 Å². The molecule has 3 rings (SSSR count). The first kappa shape index (κ1) is 17.0. The van der Waals surface area contributed by atoms with E-state index in [1.54, 1.807) is 29.3 Å². The normalized spacial score (nSPS) is 18.0. The number of halogens is 2. The van der Waals surface area contributed by atoms with Crippen molar-refractivity contribution in [3.63, 3.8) is 0 Å². The van der Waals surface area contributed by atoms with Crippen molar-refractivity contribution in [1.82, 2.24) is 9.88 Å². The van der Waals surface area contributed by atoms with E-state index in [4.69, 9.17) is 23.2 Å². The lowest BCUT2D eigenvalue weighted by Crippen LogP contribution is -2.28. The zero-order valence-electron chi connectivity index (χ0n) is 12.7. The van der Waals surface area contributed by atoms with Crippen LogP contribution < -0.4 is 0 Å². The van der Waals surface area contributed by atoms with Crippen LogP contribution in [0.1, 0.15) is 12.5 Å². The summed E-state index contributed by atoms with van der Waals surface area (Å²) in [6, 6.07) is 10.9. The van der Waals surface area contributed by atoms with E-state index in [2.05, 4.69) is 9.98 Å². The number of amidine groups is 1. The number of pyridine rings is 1. The monoisotopic (exact) mass is 377 g/mol. The van der Waals surface area contributed by atoms with Crippen LogP contribution in [0.4, 0.5) is 5.69 Å². The van der Waals surface area contributed by atoms with Crippen LogP contribution in [0, 0.1) is 0 Å². The number of likely N-dealkylation sites (N-methyl/N-ethyl adjacent to an activating group) is 1. The summed E-state index contributed by atoms with van der Waals surface area (Å²) in [7, 11) is 0. The molecule has 0 bridgehead atoms. The summed E-state index contributed by atoms with van der Waals surface area (Å²) in [6.07, 6.45) is 3.41. The van der Waals surface area contributed by atoms with Gasteiger partial charge in [-0.3, -0.25) is 9.69 Å². The van der Waals surface area contributed by atoms with Gasteiger partial charge in [0.2, 0.25) is 0 Å². The van der Waals surface area contributed by atoms with Crippen molar-refractivity contribution in [1.29, 1.82) is 0 Å². The Morgan fingerprint density at radius 2 is 2.12 bits per heavy atom. The molecule has 4 nitrogen and oxygen atoms in total. The van der Waals surface area contributed by atoms with Gasteiger partial charge in [-0.2, -0.15) is 0 Å². The molecule has 0 atom stereocenters. The lowest BCUT2D eigenvalue weighted by Gasteiger charge is -2.12. The van der Waals surface area contributed by atoms with Crippen molar-refractivity contribution < 1.29 is 4.79 Å². The van der Waals surface area contributed by atoms with E-state index >= 15 is 0 Å². The Morgan fingerprint density at radius 1 is 1.29 bits per heavy atom. The highest BCUT2D eigenvalue weighted by atomic mass is 35.5. The van der Waals surface area contributed by atoms with Crippen LogP contribution in [0.25, 0.3) is 6.08 Å². The molecule has 0 unspecified atom stereocenters. The van der Waals surface area contributed by atoms with Crippen LogP contribution in [0.2, 0.25) is 10.2 Å². The zero-order chi connectivity index (χ0) is 17.1. The van der Waals surface area contributed by atoms with Crippen molar-refractivity contribution in [2.75, 3.05) is 6.54 Å². The van der Waals surface area contributed by atoms with Crippen LogP contribution in [0.5, 0.6) is 0 Å². The van der Waals surface area contributed by atoms with Crippen LogP contribution in [-0.4, -0.2) is 27.5 Å². The van der Waals surface area contributed by atoms with E-state index in [1.165, 1.54) is 11.8 Å². The minimum Gasteiger partial charge on any atom is -0.287 e. The van der Waals surface area contributed by atoms with E-state index in [1.807, 2.05) is 31.2 Å². The number of aliphatic imine (C=N–C) groups is 1. The minimum absolute atomic E-state index is 0.0822. The fourth-order valence-corrected chi connectivity index (χ4v) is 3.60. The smallest absolute Gasteiger partial charge is 0.266 e. The third kappa shape index (κ3) is 3.64. The van der Waals surface area contributed by atoms with Crippen molar-refractivity contribution >= 4 is 57.8 Å². The van der Waals surface area contributed by atoms with Crippen molar-refractivity contribution in [3.8, 4) is 0 Å². The fourth-order valence-electron chi connectivity index (χ4n) is 2.18. The third-order valence-corrected chi connectivity index (χ3v) is 4.84. The van der Waals surface area contributed by atoms with E-state index in [9.17, 15) is 4.79 Å². The summed E-state index contributed by atoms with van der Waals surface area (Å²) in [5, 5.41) is 1.52. The molecule has 0 aliphatic carbocycles. The highest BCUT2D eigenvalue weighted by Crippen LogP contribution is 2.35. The molecule has 2 aromatic rings. The number of amides is 1. The SMILES string of the molecule is CCN1C(=O)/C(=C/c2cccc(Cl)c2)SC1=Nc1cccnc1Cl. The summed E-state index contributed by atoms with van der Waals surface area (Å²) in [4.78, 5) is 23.3. The molecule has 7 heteroatoms. The molecule has 1 aromatic carbocycles. The number of carbonyl (C=O) groups is 1. The average Bonchev–Trinajstić information content (AvgIpc) is 2.85. The predicted molar refractivity (Wildman–Crippen MR) is 101 cm³/mol. The topological polar surface area (TPSA) is 45.6 Å². The number of hydrogen-bond acceptors (Lipinski definition) is 4. The molecule has 0 N–H and O–H groups in total. The van der Waals surface area contributed by atoms with Crippen LogP contribution >= 0.6 is 35.0 Å². The van der Waals surface area contributed by atoms with Crippen LogP contribution in [0.15, 0.2) is 52.5 Å². The van der Waals surface area contributed by atoms with Crippen molar-refractivity contribution in [3.05, 3.63) is 63.2 Å². The number of carbonyl (C=O) groups excluding carboxylic acids is 1. The number of aromatic nitrogens is 1. The number of benzene rings is 1. The molecule has 2 heterocycles. The van der Waals surface area contributed by atoms with Gasteiger partial charge in [0, 0.05) is 17.8 Å². The molecule has 1 aliphatic rings. The Morgan fingerprint density at radius 3 is 2.83 bits per heavy atom. The second-order valence-corrected chi connectivity index (χ2v) is 6.73. The van der Waals surface area contributed by atoms with E-state index < -0.39 is 0 Å². The Labute approximate surface area is 154 Å². The maximum atomic E-state index is 12.6. The maximum Gasteiger partial charge on any atom is 0.266 e. The number of thioether (sulfide) groups is 1. The van der Waals surface area contributed by atoms with Crippen molar-refractivity contribution in [2.45, 2.75) is 6.92 Å². The second-order valence-electron chi connectivity index (χ2n) is 4.92. The van der Waals surface area contributed by atoms with Gasteiger partial charge in [0.25, 0.3) is 5.91 Å². The van der Waals surface area contributed by atoms with E-state index in [0.717, 1.165) is 5.56 Å². The highest BCUT2D eigenvalue weighted by molar-refractivity contribution is 8.18. The maximum absolute atomic E-state index is 12.6. The van der Waals surface area contributed by atoms with Gasteiger partial charge in [0.1, 0.15) is 5.69 Å². The zero-order valence-corrected chi connectivity index (χ0v) is 15.1. The van der Waals surface area contributed by atoms with Gasteiger partial charge in [-0.25, -0.2) is 9.98 Å². The highest BCUT2D eigenvalue weighted by Gasteiger charge is 2.32. The summed E-state index contributed by atoms with van der Waals surface area (Å²) in [5.41, 5.74) is 1.41. The Bertz CT molecular complexity index is 851. The molecule has 1 saturated heterocycles. The molecule has 24 heavy (non-hydrogen) atoms. The summed E-state index contributed by atoms with van der Waals surface area (Å²) >= 11 is 13.4. The molecular formula is C17H13Cl2N3OS. The number of rotatable bonds is 3.